The lowest BCUT2D eigenvalue weighted by Crippen LogP contribution is -2.07. The Kier molecular flexibility index (Phi) is 5.13. The molecule has 0 spiro atoms. The Labute approximate surface area is 130 Å². The van der Waals surface area contributed by atoms with E-state index in [0.29, 0.717) is 27.7 Å². The van der Waals surface area contributed by atoms with Gasteiger partial charge in [-0.3, -0.25) is 4.68 Å². The molecule has 19 heavy (non-hydrogen) atoms. The summed E-state index contributed by atoms with van der Waals surface area (Å²) in [6.07, 6.45) is 2.55. The maximum absolute atomic E-state index is 6.16. The third-order valence-corrected chi connectivity index (χ3v) is 3.86. The first-order valence-electron chi connectivity index (χ1n) is 5.75. The molecule has 0 N–H and O–H groups in total. The van der Waals surface area contributed by atoms with Crippen LogP contribution in [-0.4, -0.2) is 16.4 Å². The zero-order valence-corrected chi connectivity index (χ0v) is 13.5. The molecular formula is C13H13BrCl2N2O. The summed E-state index contributed by atoms with van der Waals surface area (Å²) in [4.78, 5) is 0. The Morgan fingerprint density at radius 3 is 2.79 bits per heavy atom. The van der Waals surface area contributed by atoms with E-state index in [4.69, 9.17) is 27.9 Å². The van der Waals surface area contributed by atoms with E-state index < -0.39 is 0 Å². The summed E-state index contributed by atoms with van der Waals surface area (Å²) in [5.74, 6) is 0.685. The molecule has 2 rings (SSSR count). The Morgan fingerprint density at radius 2 is 2.16 bits per heavy atom. The SMILES string of the molecule is Cn1nccc1CCOc1c(Cl)cc(Cl)cc1CBr. The molecule has 102 valence electrons. The normalized spacial score (nSPS) is 10.7. The van der Waals surface area contributed by atoms with Crippen molar-refractivity contribution in [2.24, 2.45) is 7.05 Å². The summed E-state index contributed by atoms with van der Waals surface area (Å²) in [5.41, 5.74) is 2.06. The fraction of sp³-hybridized carbons (Fsp3) is 0.308. The quantitative estimate of drug-likeness (QED) is 0.742. The second-order valence-corrected chi connectivity index (χ2v) is 5.46. The molecule has 6 heteroatoms. The van der Waals surface area contributed by atoms with Crippen molar-refractivity contribution in [2.75, 3.05) is 6.61 Å². The summed E-state index contributed by atoms with van der Waals surface area (Å²) in [6.45, 7) is 0.543. The second kappa shape index (κ2) is 6.64. The average Bonchev–Trinajstić information content (AvgIpc) is 2.77. The van der Waals surface area contributed by atoms with Crippen molar-refractivity contribution >= 4 is 39.1 Å². The van der Waals surface area contributed by atoms with Crippen LogP contribution in [0, 0.1) is 0 Å². The van der Waals surface area contributed by atoms with Crippen molar-refractivity contribution in [2.45, 2.75) is 11.8 Å². The van der Waals surface area contributed by atoms with Crippen LogP contribution in [0.5, 0.6) is 5.75 Å². The molecule has 0 aliphatic carbocycles. The minimum absolute atomic E-state index is 0.534. The number of alkyl halides is 1. The van der Waals surface area contributed by atoms with Crippen molar-refractivity contribution in [3.05, 3.63) is 45.7 Å². The Bertz CT molecular complexity index is 572. The highest BCUT2D eigenvalue weighted by molar-refractivity contribution is 9.08. The van der Waals surface area contributed by atoms with E-state index in [0.717, 1.165) is 17.7 Å². The third-order valence-electron chi connectivity index (χ3n) is 2.76. The van der Waals surface area contributed by atoms with Crippen LogP contribution in [0.15, 0.2) is 24.4 Å². The fourth-order valence-corrected chi connectivity index (χ4v) is 2.79. The van der Waals surface area contributed by atoms with Gasteiger partial charge in [-0.25, -0.2) is 0 Å². The zero-order valence-electron chi connectivity index (χ0n) is 10.4. The molecule has 0 aliphatic heterocycles. The molecule has 0 saturated carbocycles. The molecule has 0 radical (unpaired) electrons. The molecule has 0 fully saturated rings. The predicted molar refractivity (Wildman–Crippen MR) is 81.5 cm³/mol. The van der Waals surface area contributed by atoms with Crippen molar-refractivity contribution in [3.63, 3.8) is 0 Å². The average molecular weight is 364 g/mol. The zero-order chi connectivity index (χ0) is 13.8. The molecule has 0 unspecified atom stereocenters. The first kappa shape index (κ1) is 14.7. The highest BCUT2D eigenvalue weighted by Gasteiger charge is 2.10. The van der Waals surface area contributed by atoms with Gasteiger partial charge in [0.2, 0.25) is 0 Å². The highest BCUT2D eigenvalue weighted by atomic mass is 79.9. The van der Waals surface area contributed by atoms with Gasteiger partial charge >= 0.3 is 0 Å². The van der Waals surface area contributed by atoms with E-state index >= 15 is 0 Å². The van der Waals surface area contributed by atoms with Gasteiger partial charge in [0.05, 0.1) is 11.6 Å². The van der Waals surface area contributed by atoms with Crippen LogP contribution in [-0.2, 0) is 18.8 Å². The van der Waals surface area contributed by atoms with Gasteiger partial charge in [0, 0.05) is 41.3 Å². The van der Waals surface area contributed by atoms with Gasteiger partial charge in [-0.15, -0.1) is 0 Å². The van der Waals surface area contributed by atoms with Gasteiger partial charge in [0.15, 0.2) is 0 Å². The maximum Gasteiger partial charge on any atom is 0.142 e. The minimum atomic E-state index is 0.534. The smallest absolute Gasteiger partial charge is 0.142 e. The number of aryl methyl sites for hydroxylation is 1. The van der Waals surface area contributed by atoms with Crippen molar-refractivity contribution in [1.82, 2.24) is 9.78 Å². The summed E-state index contributed by atoms with van der Waals surface area (Å²) in [6, 6.07) is 5.51. The molecule has 0 atom stereocenters. The molecule has 1 heterocycles. The summed E-state index contributed by atoms with van der Waals surface area (Å²) < 4.78 is 7.61. The van der Waals surface area contributed by atoms with Crippen molar-refractivity contribution in [3.8, 4) is 5.75 Å². The number of hydrogen-bond donors (Lipinski definition) is 0. The van der Waals surface area contributed by atoms with Crippen LogP contribution >= 0.6 is 39.1 Å². The molecule has 1 aromatic carbocycles. The Morgan fingerprint density at radius 1 is 1.37 bits per heavy atom. The third kappa shape index (κ3) is 3.65. The first-order chi connectivity index (χ1) is 9.11. The molecule has 2 aromatic rings. The lowest BCUT2D eigenvalue weighted by Gasteiger charge is -2.12. The number of hydrogen-bond acceptors (Lipinski definition) is 2. The van der Waals surface area contributed by atoms with E-state index in [2.05, 4.69) is 21.0 Å². The molecular weight excluding hydrogens is 351 g/mol. The highest BCUT2D eigenvalue weighted by Crippen LogP contribution is 2.33. The topological polar surface area (TPSA) is 27.1 Å². The van der Waals surface area contributed by atoms with E-state index in [9.17, 15) is 0 Å². The van der Waals surface area contributed by atoms with Crippen LogP contribution in [0.3, 0.4) is 0 Å². The molecule has 0 bridgehead atoms. The van der Waals surface area contributed by atoms with E-state index in [1.54, 1.807) is 12.3 Å². The fourth-order valence-electron chi connectivity index (χ4n) is 1.78. The molecule has 3 nitrogen and oxygen atoms in total. The van der Waals surface area contributed by atoms with Crippen LogP contribution in [0.1, 0.15) is 11.3 Å². The van der Waals surface area contributed by atoms with E-state index in [1.165, 1.54) is 0 Å². The standard InChI is InChI=1S/C13H13BrCl2N2O/c1-18-11(2-4-17-18)3-5-19-13-9(8-14)6-10(15)7-12(13)16/h2,4,6-7H,3,5,8H2,1H3. The van der Waals surface area contributed by atoms with Crippen LogP contribution in [0.4, 0.5) is 0 Å². The van der Waals surface area contributed by atoms with Gasteiger partial charge in [0.25, 0.3) is 0 Å². The Hall–Kier alpha value is -0.710. The molecule has 0 saturated heterocycles. The van der Waals surface area contributed by atoms with Crippen LogP contribution < -0.4 is 4.74 Å². The van der Waals surface area contributed by atoms with Gasteiger partial charge in [-0.2, -0.15) is 5.10 Å². The molecule has 0 amide bonds. The van der Waals surface area contributed by atoms with Gasteiger partial charge in [-0.1, -0.05) is 39.1 Å². The predicted octanol–water partition coefficient (Wildman–Crippen LogP) is 4.24. The van der Waals surface area contributed by atoms with Gasteiger partial charge in [-0.05, 0) is 18.2 Å². The number of nitrogens with zero attached hydrogens (tertiary/aromatic N) is 2. The Balaban J connectivity index is 2.05. The summed E-state index contributed by atoms with van der Waals surface area (Å²) in [5, 5.41) is 5.91. The molecule has 0 aliphatic rings. The number of halogens is 3. The summed E-state index contributed by atoms with van der Waals surface area (Å²) >= 11 is 15.5. The number of ether oxygens (including phenoxy) is 1. The second-order valence-electron chi connectivity index (χ2n) is 4.05. The van der Waals surface area contributed by atoms with Crippen LogP contribution in [0.2, 0.25) is 10.0 Å². The van der Waals surface area contributed by atoms with Crippen molar-refractivity contribution < 1.29 is 4.74 Å². The maximum atomic E-state index is 6.16. The lowest BCUT2D eigenvalue weighted by atomic mass is 10.2. The monoisotopic (exact) mass is 362 g/mol. The minimum Gasteiger partial charge on any atom is -0.491 e. The molecule has 1 aromatic heterocycles. The van der Waals surface area contributed by atoms with E-state index in [-0.39, 0.29) is 0 Å². The first-order valence-corrected chi connectivity index (χ1v) is 7.63. The van der Waals surface area contributed by atoms with Crippen molar-refractivity contribution in [1.29, 1.82) is 0 Å². The number of benzene rings is 1. The van der Waals surface area contributed by atoms with Crippen LogP contribution in [0.25, 0.3) is 0 Å². The largest absolute Gasteiger partial charge is 0.491 e. The van der Waals surface area contributed by atoms with E-state index in [1.807, 2.05) is 23.9 Å². The lowest BCUT2D eigenvalue weighted by molar-refractivity contribution is 0.316. The number of aromatic nitrogens is 2. The summed E-state index contributed by atoms with van der Waals surface area (Å²) in [7, 11) is 1.91. The number of rotatable bonds is 5. The van der Waals surface area contributed by atoms with Gasteiger partial charge in [0.1, 0.15) is 5.75 Å². The van der Waals surface area contributed by atoms with Gasteiger partial charge < -0.3 is 4.74 Å².